The van der Waals surface area contributed by atoms with Gasteiger partial charge in [0.15, 0.2) is 5.82 Å². The van der Waals surface area contributed by atoms with Gasteiger partial charge in [-0.05, 0) is 28.6 Å². The summed E-state index contributed by atoms with van der Waals surface area (Å²) in [5, 5.41) is 15.4. The molecule has 25 heavy (non-hydrogen) atoms. The molecule has 0 saturated heterocycles. The number of hydrogen-bond donors (Lipinski definition) is 1. The van der Waals surface area contributed by atoms with Crippen molar-refractivity contribution in [3.63, 3.8) is 0 Å². The molecule has 0 aliphatic heterocycles. The lowest BCUT2D eigenvalue weighted by Gasteiger charge is -2.06. The number of amides is 1. The van der Waals surface area contributed by atoms with Crippen molar-refractivity contribution in [3.05, 3.63) is 60.3 Å². The van der Waals surface area contributed by atoms with Crippen LogP contribution in [-0.4, -0.2) is 30.7 Å². The van der Waals surface area contributed by atoms with Crippen LogP contribution in [0.4, 0.5) is 5.69 Å². The van der Waals surface area contributed by atoms with Gasteiger partial charge in [-0.1, -0.05) is 30.3 Å². The molecule has 4 aromatic rings. The molecule has 0 fully saturated rings. The van der Waals surface area contributed by atoms with Crippen LogP contribution in [0.15, 0.2) is 54.7 Å². The Morgan fingerprint density at radius 2 is 1.92 bits per heavy atom. The summed E-state index contributed by atoms with van der Waals surface area (Å²) in [6.45, 7) is 0. The smallest absolute Gasteiger partial charge is 0.257 e. The van der Waals surface area contributed by atoms with Crippen molar-refractivity contribution in [1.82, 2.24) is 24.8 Å². The lowest BCUT2D eigenvalue weighted by Crippen LogP contribution is -2.11. The van der Waals surface area contributed by atoms with Gasteiger partial charge in [-0.25, -0.2) is 4.68 Å². The predicted octanol–water partition coefficient (Wildman–Crippen LogP) is 2.62. The van der Waals surface area contributed by atoms with E-state index in [0.717, 1.165) is 16.5 Å². The zero-order valence-electron chi connectivity index (χ0n) is 13.8. The quantitative estimate of drug-likeness (QED) is 0.625. The number of hydrogen-bond acceptors (Lipinski definition) is 4. The van der Waals surface area contributed by atoms with Crippen LogP contribution in [0.1, 0.15) is 10.4 Å². The second-order valence-electron chi connectivity index (χ2n) is 5.83. The van der Waals surface area contributed by atoms with Gasteiger partial charge in [0.25, 0.3) is 5.91 Å². The Hall–Kier alpha value is -3.48. The number of para-hydroxylation sites is 1. The molecule has 0 radical (unpaired) electrons. The van der Waals surface area contributed by atoms with Crippen molar-refractivity contribution < 1.29 is 4.79 Å². The Labute approximate surface area is 143 Å². The fourth-order valence-corrected chi connectivity index (χ4v) is 2.93. The molecule has 7 heteroatoms. The molecule has 0 atom stereocenters. The van der Waals surface area contributed by atoms with E-state index in [1.807, 2.05) is 66.3 Å². The van der Waals surface area contributed by atoms with Crippen LogP contribution in [0, 0.1) is 0 Å². The molecule has 1 N–H and O–H groups in total. The Bertz CT molecular complexity index is 1080. The first-order valence-corrected chi connectivity index (χ1v) is 7.81. The topological polar surface area (TPSA) is 77.6 Å². The maximum absolute atomic E-state index is 12.7. The van der Waals surface area contributed by atoms with Crippen molar-refractivity contribution in [2.75, 3.05) is 5.32 Å². The number of nitrogens with one attached hydrogen (secondary N) is 1. The highest BCUT2D eigenvalue weighted by atomic mass is 16.1. The standard InChI is InChI=1S/C18H16N6O/c1-23-11-15(14-8-3-4-9-16(14)23)18(25)19-13-7-5-6-12(10-13)17-20-21-22-24(17)2/h3-11H,1-2H3,(H,19,25). The summed E-state index contributed by atoms with van der Waals surface area (Å²) in [4.78, 5) is 12.7. The number of benzene rings is 2. The minimum atomic E-state index is -0.148. The molecule has 1 amide bonds. The number of aryl methyl sites for hydroxylation is 2. The first-order valence-electron chi connectivity index (χ1n) is 7.81. The van der Waals surface area contributed by atoms with Crippen LogP contribution in [0.3, 0.4) is 0 Å². The molecule has 0 aliphatic carbocycles. The molecule has 0 aliphatic rings. The third-order valence-corrected chi connectivity index (χ3v) is 4.14. The van der Waals surface area contributed by atoms with Gasteiger partial charge < -0.3 is 9.88 Å². The second-order valence-corrected chi connectivity index (χ2v) is 5.83. The van der Waals surface area contributed by atoms with Gasteiger partial charge >= 0.3 is 0 Å². The van der Waals surface area contributed by atoms with Crippen molar-refractivity contribution in [2.24, 2.45) is 14.1 Å². The van der Waals surface area contributed by atoms with E-state index in [0.29, 0.717) is 17.1 Å². The SMILES string of the molecule is Cn1nnnc1-c1cccc(NC(=O)c2cn(C)c3ccccc23)c1. The summed E-state index contributed by atoms with van der Waals surface area (Å²) in [5.41, 5.74) is 3.19. The third-order valence-electron chi connectivity index (χ3n) is 4.14. The summed E-state index contributed by atoms with van der Waals surface area (Å²) in [6.07, 6.45) is 1.84. The number of tetrazole rings is 1. The molecule has 2 aromatic carbocycles. The van der Waals surface area contributed by atoms with E-state index in [1.54, 1.807) is 11.7 Å². The summed E-state index contributed by atoms with van der Waals surface area (Å²) < 4.78 is 3.54. The van der Waals surface area contributed by atoms with E-state index in [1.165, 1.54) is 0 Å². The molecule has 0 saturated carbocycles. The number of carbonyl (C=O) groups excluding carboxylic acids is 1. The van der Waals surface area contributed by atoms with Gasteiger partial charge in [0.1, 0.15) is 0 Å². The van der Waals surface area contributed by atoms with Crippen molar-refractivity contribution in [1.29, 1.82) is 0 Å². The van der Waals surface area contributed by atoms with E-state index in [-0.39, 0.29) is 5.91 Å². The van der Waals surface area contributed by atoms with Crippen LogP contribution < -0.4 is 5.32 Å². The highest BCUT2D eigenvalue weighted by molar-refractivity contribution is 6.13. The number of aromatic nitrogens is 5. The zero-order chi connectivity index (χ0) is 17.4. The summed E-state index contributed by atoms with van der Waals surface area (Å²) in [6, 6.07) is 15.3. The molecule has 0 bridgehead atoms. The Morgan fingerprint density at radius 1 is 1.08 bits per heavy atom. The predicted molar refractivity (Wildman–Crippen MR) is 95.1 cm³/mol. The fraction of sp³-hybridized carbons (Fsp3) is 0.111. The van der Waals surface area contributed by atoms with Crippen LogP contribution in [-0.2, 0) is 14.1 Å². The number of anilines is 1. The van der Waals surface area contributed by atoms with Crippen LogP contribution in [0.25, 0.3) is 22.3 Å². The average molecular weight is 332 g/mol. The minimum absolute atomic E-state index is 0.148. The average Bonchev–Trinajstić information content (AvgIpc) is 3.19. The van der Waals surface area contributed by atoms with Gasteiger partial charge in [-0.15, -0.1) is 5.10 Å². The molecular formula is C18H16N6O. The molecule has 7 nitrogen and oxygen atoms in total. The Morgan fingerprint density at radius 3 is 2.72 bits per heavy atom. The molecule has 124 valence electrons. The Balaban J connectivity index is 1.66. The lowest BCUT2D eigenvalue weighted by atomic mass is 10.1. The monoisotopic (exact) mass is 332 g/mol. The van der Waals surface area contributed by atoms with E-state index < -0.39 is 0 Å². The van der Waals surface area contributed by atoms with Crippen molar-refractivity contribution in [3.8, 4) is 11.4 Å². The van der Waals surface area contributed by atoms with E-state index in [2.05, 4.69) is 20.8 Å². The summed E-state index contributed by atoms with van der Waals surface area (Å²) >= 11 is 0. The minimum Gasteiger partial charge on any atom is -0.350 e. The number of carbonyl (C=O) groups is 1. The highest BCUT2D eigenvalue weighted by Gasteiger charge is 2.14. The van der Waals surface area contributed by atoms with Gasteiger partial charge in [0.05, 0.1) is 5.56 Å². The maximum Gasteiger partial charge on any atom is 0.257 e. The number of nitrogens with zero attached hydrogens (tertiary/aromatic N) is 5. The largest absolute Gasteiger partial charge is 0.350 e. The van der Waals surface area contributed by atoms with Gasteiger partial charge in [0.2, 0.25) is 0 Å². The van der Waals surface area contributed by atoms with E-state index in [9.17, 15) is 4.79 Å². The van der Waals surface area contributed by atoms with E-state index >= 15 is 0 Å². The highest BCUT2D eigenvalue weighted by Crippen LogP contribution is 2.23. The molecule has 0 unspecified atom stereocenters. The molecule has 4 rings (SSSR count). The third kappa shape index (κ3) is 2.65. The van der Waals surface area contributed by atoms with Gasteiger partial charge in [-0.3, -0.25) is 4.79 Å². The molecule has 2 heterocycles. The van der Waals surface area contributed by atoms with E-state index in [4.69, 9.17) is 0 Å². The molecular weight excluding hydrogens is 316 g/mol. The van der Waals surface area contributed by atoms with Crippen molar-refractivity contribution in [2.45, 2.75) is 0 Å². The zero-order valence-corrected chi connectivity index (χ0v) is 13.8. The fourth-order valence-electron chi connectivity index (χ4n) is 2.93. The normalized spacial score (nSPS) is 11.0. The lowest BCUT2D eigenvalue weighted by molar-refractivity contribution is 0.102. The first kappa shape index (κ1) is 15.1. The number of rotatable bonds is 3. The van der Waals surface area contributed by atoms with Crippen molar-refractivity contribution >= 4 is 22.5 Å². The maximum atomic E-state index is 12.7. The van der Waals surface area contributed by atoms with Crippen LogP contribution >= 0.6 is 0 Å². The Kier molecular flexibility index (Phi) is 3.53. The number of fused-ring (bicyclic) bond motifs is 1. The van der Waals surface area contributed by atoms with Gasteiger partial charge in [-0.2, -0.15) is 0 Å². The summed E-state index contributed by atoms with van der Waals surface area (Å²) in [7, 11) is 3.71. The van der Waals surface area contributed by atoms with Gasteiger partial charge in [0, 0.05) is 42.4 Å². The second kappa shape index (κ2) is 5.86. The van der Waals surface area contributed by atoms with Crippen LogP contribution in [0.5, 0.6) is 0 Å². The molecule has 2 aromatic heterocycles. The van der Waals surface area contributed by atoms with Crippen LogP contribution in [0.2, 0.25) is 0 Å². The molecule has 0 spiro atoms. The first-order chi connectivity index (χ1) is 12.1. The summed E-state index contributed by atoms with van der Waals surface area (Å²) in [5.74, 6) is 0.492.